The second-order valence-corrected chi connectivity index (χ2v) is 5.85. The zero-order valence-electron chi connectivity index (χ0n) is 11.8. The number of aryl methyl sites for hydroxylation is 2. The van der Waals surface area contributed by atoms with Crippen LogP contribution in [0.1, 0.15) is 17.8 Å². The first kappa shape index (κ1) is 13.5. The first-order valence-corrected chi connectivity index (χ1v) is 7.61. The van der Waals surface area contributed by atoms with E-state index in [1.54, 1.807) is 0 Å². The summed E-state index contributed by atoms with van der Waals surface area (Å²) in [5.41, 5.74) is 3.39. The molecule has 0 fully saturated rings. The highest BCUT2D eigenvalue weighted by Crippen LogP contribution is 2.32. The number of anilines is 1. The van der Waals surface area contributed by atoms with E-state index >= 15 is 0 Å². The smallest absolute Gasteiger partial charge is 0.142 e. The molecule has 4 nitrogen and oxygen atoms in total. The van der Waals surface area contributed by atoms with E-state index in [1.165, 1.54) is 5.69 Å². The third kappa shape index (κ3) is 2.42. The van der Waals surface area contributed by atoms with E-state index < -0.39 is 0 Å². The van der Waals surface area contributed by atoms with Crippen molar-refractivity contribution in [1.29, 1.82) is 0 Å². The van der Waals surface area contributed by atoms with Crippen LogP contribution in [-0.4, -0.2) is 22.9 Å². The maximum atomic E-state index is 5.81. The molecule has 1 aromatic carbocycles. The average molecular weight is 336 g/mol. The molecule has 1 aromatic heterocycles. The molecule has 106 valence electrons. The van der Waals surface area contributed by atoms with Crippen molar-refractivity contribution in [2.45, 2.75) is 19.9 Å². The molecule has 0 N–H and O–H groups in total. The van der Waals surface area contributed by atoms with Gasteiger partial charge in [-0.3, -0.25) is 4.68 Å². The number of fused-ring (bicyclic) bond motifs is 1. The number of ether oxygens (including phenoxy) is 1. The number of nitrogens with zero attached hydrogens (tertiary/aromatic N) is 3. The molecule has 0 bridgehead atoms. The largest absolute Gasteiger partial charge is 0.491 e. The topological polar surface area (TPSA) is 30.3 Å². The summed E-state index contributed by atoms with van der Waals surface area (Å²) in [5.74, 6) is 0.972. The highest BCUT2D eigenvalue weighted by atomic mass is 79.9. The summed E-state index contributed by atoms with van der Waals surface area (Å²) >= 11 is 3.65. The van der Waals surface area contributed by atoms with Crippen LogP contribution in [0.5, 0.6) is 5.75 Å². The summed E-state index contributed by atoms with van der Waals surface area (Å²) in [4.78, 5) is 2.36. The summed E-state index contributed by atoms with van der Waals surface area (Å²) in [6.07, 6.45) is 1.03. The molecule has 0 saturated carbocycles. The van der Waals surface area contributed by atoms with Crippen LogP contribution in [0.2, 0.25) is 0 Å². The second-order valence-electron chi connectivity index (χ2n) is 5.06. The fraction of sp³-hybridized carbons (Fsp3) is 0.400. The third-order valence-electron chi connectivity index (χ3n) is 3.64. The van der Waals surface area contributed by atoms with Gasteiger partial charge in [0, 0.05) is 13.6 Å². The molecule has 1 aliphatic heterocycles. The van der Waals surface area contributed by atoms with Gasteiger partial charge in [-0.05, 0) is 41.4 Å². The van der Waals surface area contributed by atoms with Gasteiger partial charge < -0.3 is 9.64 Å². The van der Waals surface area contributed by atoms with Crippen LogP contribution >= 0.6 is 15.9 Å². The Hall–Kier alpha value is -1.49. The van der Waals surface area contributed by atoms with E-state index in [9.17, 15) is 0 Å². The van der Waals surface area contributed by atoms with Crippen molar-refractivity contribution in [3.8, 4) is 5.75 Å². The zero-order chi connectivity index (χ0) is 14.1. The molecule has 2 aromatic rings. The van der Waals surface area contributed by atoms with E-state index in [4.69, 9.17) is 4.74 Å². The number of para-hydroxylation sites is 2. The minimum Gasteiger partial charge on any atom is -0.491 e. The Morgan fingerprint density at radius 1 is 1.35 bits per heavy atom. The molecule has 0 atom stereocenters. The lowest BCUT2D eigenvalue weighted by Crippen LogP contribution is -2.24. The standard InChI is InChI=1S/C15H18BrN3O/c1-11-15(16)13(18(2)17-11)10-19-8-5-9-20-14-7-4-3-6-12(14)19/h3-4,6-7H,5,8-10H2,1-2H3. The average Bonchev–Trinajstić information content (AvgIpc) is 2.63. The van der Waals surface area contributed by atoms with Crippen LogP contribution in [0.25, 0.3) is 0 Å². The maximum Gasteiger partial charge on any atom is 0.142 e. The highest BCUT2D eigenvalue weighted by molar-refractivity contribution is 9.10. The van der Waals surface area contributed by atoms with E-state index in [0.717, 1.165) is 47.7 Å². The molecule has 0 radical (unpaired) electrons. The first-order valence-electron chi connectivity index (χ1n) is 6.81. The molecule has 0 saturated heterocycles. The van der Waals surface area contributed by atoms with Crippen molar-refractivity contribution in [2.24, 2.45) is 7.05 Å². The quantitative estimate of drug-likeness (QED) is 0.843. The molecule has 2 heterocycles. The van der Waals surface area contributed by atoms with Crippen LogP contribution in [0.15, 0.2) is 28.7 Å². The molecule has 20 heavy (non-hydrogen) atoms. The Kier molecular flexibility index (Phi) is 3.70. The predicted octanol–water partition coefficient (Wildman–Crippen LogP) is 3.28. The molecular formula is C15H18BrN3O. The second kappa shape index (κ2) is 5.48. The molecular weight excluding hydrogens is 318 g/mol. The number of halogens is 1. The molecule has 0 amide bonds. The van der Waals surface area contributed by atoms with Gasteiger partial charge in [0.25, 0.3) is 0 Å². The van der Waals surface area contributed by atoms with E-state index in [1.807, 2.05) is 30.8 Å². The SMILES string of the molecule is Cc1nn(C)c(CN2CCCOc3ccccc32)c1Br. The van der Waals surface area contributed by atoms with Gasteiger partial charge in [0.15, 0.2) is 0 Å². The predicted molar refractivity (Wildman–Crippen MR) is 83.2 cm³/mol. The van der Waals surface area contributed by atoms with Crippen molar-refractivity contribution >= 4 is 21.6 Å². The molecule has 0 spiro atoms. The number of benzene rings is 1. The summed E-state index contributed by atoms with van der Waals surface area (Å²) in [6.45, 7) is 4.62. The highest BCUT2D eigenvalue weighted by Gasteiger charge is 2.19. The first-order chi connectivity index (χ1) is 9.66. The molecule has 3 rings (SSSR count). The van der Waals surface area contributed by atoms with Crippen molar-refractivity contribution in [2.75, 3.05) is 18.1 Å². The minimum atomic E-state index is 0.777. The third-order valence-corrected chi connectivity index (χ3v) is 4.67. The van der Waals surface area contributed by atoms with Gasteiger partial charge >= 0.3 is 0 Å². The molecule has 0 aliphatic carbocycles. The number of aromatic nitrogens is 2. The summed E-state index contributed by atoms with van der Waals surface area (Å²) in [6, 6.07) is 8.24. The Balaban J connectivity index is 1.94. The Labute approximate surface area is 127 Å². The van der Waals surface area contributed by atoms with Gasteiger partial charge in [-0.2, -0.15) is 5.10 Å². The molecule has 5 heteroatoms. The van der Waals surface area contributed by atoms with Gasteiger partial charge in [-0.1, -0.05) is 12.1 Å². The van der Waals surface area contributed by atoms with Crippen LogP contribution in [0.4, 0.5) is 5.69 Å². The van der Waals surface area contributed by atoms with Crippen molar-refractivity contribution in [3.63, 3.8) is 0 Å². The van der Waals surface area contributed by atoms with Gasteiger partial charge in [-0.15, -0.1) is 0 Å². The monoisotopic (exact) mass is 335 g/mol. The van der Waals surface area contributed by atoms with E-state index in [-0.39, 0.29) is 0 Å². The summed E-state index contributed by atoms with van der Waals surface area (Å²) in [5, 5.41) is 4.47. The maximum absolute atomic E-state index is 5.81. The summed E-state index contributed by atoms with van der Waals surface area (Å²) < 4.78 is 8.86. The van der Waals surface area contributed by atoms with Crippen molar-refractivity contribution < 1.29 is 4.74 Å². The number of rotatable bonds is 2. The van der Waals surface area contributed by atoms with Crippen molar-refractivity contribution in [1.82, 2.24) is 9.78 Å². The van der Waals surface area contributed by atoms with E-state index in [0.29, 0.717) is 0 Å². The van der Waals surface area contributed by atoms with Gasteiger partial charge in [-0.25, -0.2) is 0 Å². The Morgan fingerprint density at radius 2 is 2.15 bits per heavy atom. The lowest BCUT2D eigenvalue weighted by Gasteiger charge is -2.24. The molecule has 1 aliphatic rings. The fourth-order valence-electron chi connectivity index (χ4n) is 2.60. The zero-order valence-corrected chi connectivity index (χ0v) is 13.4. The lowest BCUT2D eigenvalue weighted by molar-refractivity contribution is 0.322. The van der Waals surface area contributed by atoms with Gasteiger partial charge in [0.05, 0.1) is 34.7 Å². The molecule has 0 unspecified atom stereocenters. The number of hydrogen-bond acceptors (Lipinski definition) is 3. The Morgan fingerprint density at radius 3 is 2.90 bits per heavy atom. The fourth-order valence-corrected chi connectivity index (χ4v) is 3.06. The van der Waals surface area contributed by atoms with Gasteiger partial charge in [0.1, 0.15) is 5.75 Å². The lowest BCUT2D eigenvalue weighted by atomic mass is 10.2. The summed E-state index contributed by atoms with van der Waals surface area (Å²) in [7, 11) is 1.99. The normalized spacial score (nSPS) is 14.7. The van der Waals surface area contributed by atoms with Gasteiger partial charge in [0.2, 0.25) is 0 Å². The van der Waals surface area contributed by atoms with E-state index in [2.05, 4.69) is 38.1 Å². The van der Waals surface area contributed by atoms with Crippen LogP contribution < -0.4 is 9.64 Å². The van der Waals surface area contributed by atoms with Crippen LogP contribution in [-0.2, 0) is 13.6 Å². The van der Waals surface area contributed by atoms with Crippen molar-refractivity contribution in [3.05, 3.63) is 40.1 Å². The Bertz CT molecular complexity index is 624. The minimum absolute atomic E-state index is 0.777. The van der Waals surface area contributed by atoms with Crippen LogP contribution in [0, 0.1) is 6.92 Å². The number of hydrogen-bond donors (Lipinski definition) is 0. The van der Waals surface area contributed by atoms with Crippen LogP contribution in [0.3, 0.4) is 0 Å².